The van der Waals surface area contributed by atoms with Crippen molar-refractivity contribution in [1.29, 1.82) is 0 Å². The molecule has 1 aliphatic carbocycles. The minimum Gasteiger partial charge on any atom is -0.439 e. The summed E-state index contributed by atoms with van der Waals surface area (Å²) in [4.78, 5) is 36.5. The molecule has 0 radical (unpaired) electrons. The van der Waals surface area contributed by atoms with E-state index in [9.17, 15) is 9.59 Å². The van der Waals surface area contributed by atoms with Gasteiger partial charge in [0.2, 0.25) is 5.88 Å². The molecule has 1 fully saturated rings. The third-order valence-corrected chi connectivity index (χ3v) is 7.38. The number of nitrogen functional groups attached to an aromatic ring is 1. The molecule has 3 aromatic heterocycles. The van der Waals surface area contributed by atoms with Crippen molar-refractivity contribution in [3.8, 4) is 22.9 Å². The maximum Gasteiger partial charge on any atom is 0.412 e. The molecule has 4 N–H and O–H groups in total. The lowest BCUT2D eigenvalue weighted by atomic mass is 9.86. The summed E-state index contributed by atoms with van der Waals surface area (Å²) in [5, 5.41) is 6.81. The van der Waals surface area contributed by atoms with Crippen molar-refractivity contribution in [2.24, 2.45) is 11.7 Å². The van der Waals surface area contributed by atoms with Crippen molar-refractivity contribution in [3.05, 3.63) is 65.9 Å². The van der Waals surface area contributed by atoms with Crippen molar-refractivity contribution in [2.45, 2.75) is 31.7 Å². The average Bonchev–Trinajstić information content (AvgIpc) is 3.34. The van der Waals surface area contributed by atoms with E-state index in [-0.39, 0.29) is 11.9 Å². The topological polar surface area (TPSA) is 161 Å². The van der Waals surface area contributed by atoms with E-state index in [1.54, 1.807) is 6.07 Å². The Balaban J connectivity index is 1.37. The third kappa shape index (κ3) is 4.87. The summed E-state index contributed by atoms with van der Waals surface area (Å²) >= 11 is 6.77. The Labute approximate surface area is 233 Å². The fourth-order valence-corrected chi connectivity index (χ4v) is 5.41. The summed E-state index contributed by atoms with van der Waals surface area (Å²) < 4.78 is 12.3. The van der Waals surface area contributed by atoms with E-state index >= 15 is 0 Å². The second-order valence-corrected chi connectivity index (χ2v) is 9.99. The van der Waals surface area contributed by atoms with Gasteiger partial charge in [-0.25, -0.2) is 24.4 Å². The number of carbonyl (C=O) groups excluding carboxylic acids is 2. The van der Waals surface area contributed by atoms with Crippen LogP contribution in [0.4, 0.5) is 10.6 Å². The van der Waals surface area contributed by atoms with E-state index < -0.39 is 18.0 Å². The number of carbonyl (C=O) groups is 2. The number of pyridine rings is 1. The number of aromatic nitrogens is 5. The molecule has 0 atom stereocenters. The number of esters is 1. The lowest BCUT2D eigenvalue weighted by Crippen LogP contribution is -2.29. The van der Waals surface area contributed by atoms with Crippen LogP contribution in [-0.4, -0.2) is 36.8 Å². The second kappa shape index (κ2) is 10.4. The van der Waals surface area contributed by atoms with Gasteiger partial charge in [0.05, 0.1) is 27.9 Å². The number of hydrogen-bond acceptors (Lipinski definition) is 9. The Morgan fingerprint density at radius 3 is 2.52 bits per heavy atom. The Kier molecular flexibility index (Phi) is 6.64. The maximum atomic E-state index is 12.2. The molecular formula is C28H24ClN7O4. The van der Waals surface area contributed by atoms with Gasteiger partial charge in [-0.2, -0.15) is 5.10 Å². The highest BCUT2D eigenvalue weighted by atomic mass is 35.5. The van der Waals surface area contributed by atoms with Crippen LogP contribution in [0.1, 0.15) is 31.7 Å². The SMILES string of the molecule is NC(=O)OC(=O)C1CCC(n2nc(-c3cc4nc(Oc5ccccc5)ccc4cc3Cl)c3c(N)ncnc32)CC1. The molecule has 0 spiro atoms. The molecule has 2 aromatic carbocycles. The summed E-state index contributed by atoms with van der Waals surface area (Å²) in [7, 11) is 0. The molecule has 1 saturated carbocycles. The molecule has 1 amide bonds. The van der Waals surface area contributed by atoms with Crippen LogP contribution >= 0.6 is 11.6 Å². The molecule has 12 heteroatoms. The highest BCUT2D eigenvalue weighted by Crippen LogP contribution is 2.40. The van der Waals surface area contributed by atoms with Crippen LogP contribution in [0.5, 0.6) is 11.6 Å². The molecule has 5 aromatic rings. The Bertz CT molecular complexity index is 1750. The van der Waals surface area contributed by atoms with Crippen LogP contribution in [-0.2, 0) is 9.53 Å². The Morgan fingerprint density at radius 2 is 1.77 bits per heavy atom. The summed E-state index contributed by atoms with van der Waals surface area (Å²) in [6, 6.07) is 16.7. The fourth-order valence-electron chi connectivity index (χ4n) is 5.15. The molecule has 202 valence electrons. The van der Waals surface area contributed by atoms with Gasteiger partial charge in [-0.3, -0.25) is 4.79 Å². The molecule has 0 bridgehead atoms. The first-order valence-electron chi connectivity index (χ1n) is 12.7. The summed E-state index contributed by atoms with van der Waals surface area (Å²) in [6.07, 6.45) is 2.56. The van der Waals surface area contributed by atoms with Gasteiger partial charge >= 0.3 is 12.1 Å². The van der Waals surface area contributed by atoms with E-state index in [1.807, 2.05) is 53.2 Å². The normalized spacial score (nSPS) is 17.1. The first-order valence-corrected chi connectivity index (χ1v) is 13.1. The molecule has 11 nitrogen and oxygen atoms in total. The van der Waals surface area contributed by atoms with Crippen LogP contribution < -0.4 is 16.2 Å². The number of rotatable bonds is 5. The van der Waals surface area contributed by atoms with Crippen LogP contribution in [0.15, 0.2) is 60.9 Å². The maximum absolute atomic E-state index is 12.2. The van der Waals surface area contributed by atoms with E-state index in [2.05, 4.69) is 19.7 Å². The lowest BCUT2D eigenvalue weighted by molar-refractivity contribution is -0.143. The molecule has 0 aliphatic heterocycles. The number of ether oxygens (including phenoxy) is 2. The summed E-state index contributed by atoms with van der Waals surface area (Å²) in [6.45, 7) is 0. The monoisotopic (exact) mass is 557 g/mol. The van der Waals surface area contributed by atoms with Gasteiger partial charge in [-0.05, 0) is 56.0 Å². The third-order valence-electron chi connectivity index (χ3n) is 7.07. The molecular weight excluding hydrogens is 534 g/mol. The lowest BCUT2D eigenvalue weighted by Gasteiger charge is -2.27. The number of hydrogen-bond donors (Lipinski definition) is 2. The highest BCUT2D eigenvalue weighted by molar-refractivity contribution is 6.34. The van der Waals surface area contributed by atoms with Crippen molar-refractivity contribution >= 4 is 51.4 Å². The van der Waals surface area contributed by atoms with Crippen molar-refractivity contribution < 1.29 is 19.1 Å². The van der Waals surface area contributed by atoms with Crippen molar-refractivity contribution in [1.82, 2.24) is 24.7 Å². The second-order valence-electron chi connectivity index (χ2n) is 9.59. The van der Waals surface area contributed by atoms with Gasteiger partial charge in [0, 0.05) is 17.0 Å². The first-order chi connectivity index (χ1) is 19.4. The molecule has 0 saturated heterocycles. The van der Waals surface area contributed by atoms with Crippen molar-refractivity contribution in [3.63, 3.8) is 0 Å². The minimum atomic E-state index is -1.09. The standard InChI is InChI=1S/C28H24ClN7O4/c29-20-12-16-8-11-22(39-18-4-2-1-3-5-18)34-21(16)13-19(20)24-23-25(30)32-14-33-26(23)36(35-24)17-9-6-15(7-10-17)27(37)40-28(31)38/h1-5,8,11-15,17H,6-7,9-10H2,(H2,31,38)(H2,30,32,33). The number of anilines is 1. The fraction of sp³-hybridized carbons (Fsp3) is 0.214. The van der Waals surface area contributed by atoms with Crippen LogP contribution in [0, 0.1) is 5.92 Å². The van der Waals surface area contributed by atoms with Gasteiger partial charge in [-0.15, -0.1) is 0 Å². The first kappa shape index (κ1) is 25.5. The zero-order valence-electron chi connectivity index (χ0n) is 21.2. The summed E-state index contributed by atoms with van der Waals surface area (Å²) in [5.41, 5.74) is 13.7. The van der Waals surface area contributed by atoms with E-state index in [0.29, 0.717) is 70.1 Å². The smallest absolute Gasteiger partial charge is 0.412 e. The molecule has 6 rings (SSSR count). The van der Waals surface area contributed by atoms with E-state index in [4.69, 9.17) is 32.9 Å². The molecule has 40 heavy (non-hydrogen) atoms. The number of nitrogens with zero attached hydrogens (tertiary/aromatic N) is 5. The largest absolute Gasteiger partial charge is 0.439 e. The number of benzene rings is 2. The quantitative estimate of drug-likeness (QED) is 0.212. The average molecular weight is 558 g/mol. The van der Waals surface area contributed by atoms with E-state index in [1.165, 1.54) is 6.33 Å². The van der Waals surface area contributed by atoms with Gasteiger partial charge in [0.15, 0.2) is 5.65 Å². The number of halogens is 1. The predicted molar refractivity (Wildman–Crippen MR) is 149 cm³/mol. The predicted octanol–water partition coefficient (Wildman–Crippen LogP) is 5.42. The Hall–Kier alpha value is -4.77. The molecule has 0 unspecified atom stereocenters. The minimum absolute atomic E-state index is 0.0635. The van der Waals surface area contributed by atoms with Gasteiger partial charge in [0.25, 0.3) is 0 Å². The number of para-hydroxylation sites is 1. The Morgan fingerprint density at radius 1 is 1.00 bits per heavy atom. The van der Waals surface area contributed by atoms with Crippen molar-refractivity contribution in [2.75, 3.05) is 5.73 Å². The molecule has 1 aliphatic rings. The highest BCUT2D eigenvalue weighted by Gasteiger charge is 2.31. The van der Waals surface area contributed by atoms with E-state index in [0.717, 1.165) is 5.39 Å². The summed E-state index contributed by atoms with van der Waals surface area (Å²) in [5.74, 6) is 0.385. The van der Waals surface area contributed by atoms with Crippen LogP contribution in [0.25, 0.3) is 33.2 Å². The number of fused-ring (bicyclic) bond motifs is 2. The number of amides is 1. The van der Waals surface area contributed by atoms with Gasteiger partial charge in [-0.1, -0.05) is 29.8 Å². The molecule has 3 heterocycles. The number of primary amides is 1. The number of nitrogens with two attached hydrogens (primary N) is 2. The van der Waals surface area contributed by atoms with Gasteiger partial charge < -0.3 is 20.9 Å². The zero-order valence-corrected chi connectivity index (χ0v) is 21.9. The van der Waals surface area contributed by atoms with Gasteiger partial charge in [0.1, 0.15) is 23.6 Å². The zero-order chi connectivity index (χ0) is 27.8. The van der Waals surface area contributed by atoms with Crippen LogP contribution in [0.3, 0.4) is 0 Å². The van der Waals surface area contributed by atoms with Crippen LogP contribution in [0.2, 0.25) is 5.02 Å².